The molecular formula is C40H61N3O6. The van der Waals surface area contributed by atoms with Crippen molar-refractivity contribution in [2.24, 2.45) is 5.92 Å². The molecule has 0 saturated carbocycles. The number of ether oxygens (including phenoxy) is 2. The predicted octanol–water partition coefficient (Wildman–Crippen LogP) is 7.76. The van der Waals surface area contributed by atoms with Crippen molar-refractivity contribution in [1.29, 1.82) is 0 Å². The lowest BCUT2D eigenvalue weighted by atomic mass is 9.92. The first-order valence-electron chi connectivity index (χ1n) is 17.8. The summed E-state index contributed by atoms with van der Waals surface area (Å²) in [6, 6.07) is 12.2. The first kappa shape index (κ1) is 41.3. The van der Waals surface area contributed by atoms with Crippen molar-refractivity contribution in [1.82, 2.24) is 15.5 Å². The van der Waals surface area contributed by atoms with Crippen LogP contribution in [-0.4, -0.2) is 58.6 Å². The first-order valence-corrected chi connectivity index (χ1v) is 17.8. The first-order chi connectivity index (χ1) is 22.8. The Bertz CT molecular complexity index is 1360. The van der Waals surface area contributed by atoms with Crippen LogP contribution in [0.15, 0.2) is 48.5 Å². The van der Waals surface area contributed by atoms with Gasteiger partial charge < -0.3 is 25.0 Å². The highest BCUT2D eigenvalue weighted by Gasteiger charge is 2.39. The Morgan fingerprint density at radius 1 is 0.755 bits per heavy atom. The molecule has 0 aliphatic rings. The van der Waals surface area contributed by atoms with Gasteiger partial charge in [-0.05, 0) is 96.4 Å². The van der Waals surface area contributed by atoms with E-state index in [4.69, 9.17) is 9.47 Å². The van der Waals surface area contributed by atoms with Gasteiger partial charge in [0.05, 0.1) is 0 Å². The molecule has 0 aromatic heterocycles. The van der Waals surface area contributed by atoms with Gasteiger partial charge >= 0.3 is 12.1 Å². The Kier molecular flexibility index (Phi) is 15.8. The molecule has 2 N–H and O–H groups in total. The Morgan fingerprint density at radius 3 is 1.88 bits per heavy atom. The zero-order valence-corrected chi connectivity index (χ0v) is 31.8. The smallest absolute Gasteiger partial charge is 0.408 e. The van der Waals surface area contributed by atoms with E-state index in [1.54, 1.807) is 46.4 Å². The van der Waals surface area contributed by atoms with Crippen LogP contribution >= 0.6 is 0 Å². The average molecular weight is 680 g/mol. The molecule has 0 spiro atoms. The molecule has 0 bridgehead atoms. The summed E-state index contributed by atoms with van der Waals surface area (Å²) in [6.07, 6.45) is 3.37. The van der Waals surface area contributed by atoms with Crippen LogP contribution in [-0.2, 0) is 30.3 Å². The number of nitrogens with one attached hydrogen (secondary N) is 2. The highest BCUT2D eigenvalue weighted by Crippen LogP contribution is 2.30. The maximum atomic E-state index is 14.8. The summed E-state index contributed by atoms with van der Waals surface area (Å²) in [5.41, 5.74) is 1.68. The molecule has 0 fully saturated rings. The third kappa shape index (κ3) is 14.2. The maximum absolute atomic E-state index is 14.8. The molecular weight excluding hydrogens is 618 g/mol. The second kappa shape index (κ2) is 18.8. The quantitative estimate of drug-likeness (QED) is 0.139. The second-order valence-electron chi connectivity index (χ2n) is 15.4. The summed E-state index contributed by atoms with van der Waals surface area (Å²) < 4.78 is 11.3. The van der Waals surface area contributed by atoms with E-state index in [0.29, 0.717) is 18.4 Å². The van der Waals surface area contributed by atoms with E-state index in [2.05, 4.69) is 17.6 Å². The van der Waals surface area contributed by atoms with Gasteiger partial charge in [0.2, 0.25) is 11.8 Å². The number of nitrogens with zero attached hydrogens (tertiary/aromatic N) is 1. The molecule has 2 rings (SSSR count). The molecule has 0 heterocycles. The highest BCUT2D eigenvalue weighted by atomic mass is 16.6. The van der Waals surface area contributed by atoms with Crippen LogP contribution in [0.5, 0.6) is 0 Å². The molecule has 9 heteroatoms. The zero-order valence-electron chi connectivity index (χ0n) is 31.8. The summed E-state index contributed by atoms with van der Waals surface area (Å²) in [7, 11) is 0. The lowest BCUT2D eigenvalue weighted by Gasteiger charge is -2.37. The van der Waals surface area contributed by atoms with E-state index >= 15 is 0 Å². The summed E-state index contributed by atoms with van der Waals surface area (Å²) in [5.74, 6) is -1.37. The van der Waals surface area contributed by atoms with Gasteiger partial charge in [0.1, 0.15) is 29.3 Å². The number of carbonyl (C=O) groups is 4. The van der Waals surface area contributed by atoms with Crippen molar-refractivity contribution >= 4 is 23.9 Å². The van der Waals surface area contributed by atoms with Crippen molar-refractivity contribution < 1.29 is 28.7 Å². The number of rotatable bonds is 16. The van der Waals surface area contributed by atoms with Gasteiger partial charge in [-0.15, -0.1) is 0 Å². The average Bonchev–Trinajstić information content (AvgIpc) is 2.97. The van der Waals surface area contributed by atoms with Gasteiger partial charge in [-0.2, -0.15) is 0 Å². The van der Waals surface area contributed by atoms with Gasteiger partial charge in [0.15, 0.2) is 0 Å². The van der Waals surface area contributed by atoms with E-state index < -0.39 is 47.3 Å². The number of hydrogen-bond donors (Lipinski definition) is 2. The number of amides is 3. The maximum Gasteiger partial charge on any atom is 0.408 e. The van der Waals surface area contributed by atoms with Gasteiger partial charge in [-0.1, -0.05) is 88.6 Å². The topological polar surface area (TPSA) is 114 Å². The SMILES string of the molecule is CCCCCCN(C(=O)C(CC(C)C)NC(=O)OC(C)(C)C)C(C(=O)NC(Cc1ccccc1)C(=O)OC(C)(C)C)c1c(C)cccc1C. The third-order valence-electron chi connectivity index (χ3n) is 7.90. The second-order valence-corrected chi connectivity index (χ2v) is 15.4. The van der Waals surface area contributed by atoms with Gasteiger partial charge in [0.25, 0.3) is 0 Å². The van der Waals surface area contributed by atoms with Gasteiger partial charge in [-0.3, -0.25) is 9.59 Å². The van der Waals surface area contributed by atoms with Crippen molar-refractivity contribution in [3.8, 4) is 0 Å². The van der Waals surface area contributed by atoms with Crippen LogP contribution in [0.3, 0.4) is 0 Å². The van der Waals surface area contributed by atoms with Crippen LogP contribution in [0.1, 0.15) is 123 Å². The largest absolute Gasteiger partial charge is 0.458 e. The fourth-order valence-corrected chi connectivity index (χ4v) is 5.77. The van der Waals surface area contributed by atoms with Crippen molar-refractivity contribution in [3.05, 3.63) is 70.8 Å². The predicted molar refractivity (Wildman–Crippen MR) is 195 cm³/mol. The van der Waals surface area contributed by atoms with E-state index in [9.17, 15) is 19.2 Å². The lowest BCUT2D eigenvalue weighted by molar-refractivity contribution is -0.159. The minimum atomic E-state index is -1.08. The Hall–Kier alpha value is -3.88. The van der Waals surface area contributed by atoms with E-state index in [1.807, 2.05) is 76.2 Å². The number of unbranched alkanes of at least 4 members (excludes halogenated alkanes) is 3. The van der Waals surface area contributed by atoms with Crippen LogP contribution in [0.4, 0.5) is 4.79 Å². The molecule has 0 aliphatic heterocycles. The van der Waals surface area contributed by atoms with Crippen LogP contribution in [0.2, 0.25) is 0 Å². The molecule has 0 radical (unpaired) electrons. The standard InChI is InChI=1S/C40H61N3O6/c1-12-13-14-18-24-43(36(45)31(25-27(2)3)42-38(47)49-40(9,10)11)34(33-28(4)20-19-21-29(33)5)35(44)41-32(37(46)48-39(6,7)8)26-30-22-16-15-17-23-30/h15-17,19-23,27,31-32,34H,12-14,18,24-26H2,1-11H3,(H,41,44)(H,42,47). The normalized spacial score (nSPS) is 13.6. The molecule has 3 unspecified atom stereocenters. The monoisotopic (exact) mass is 679 g/mol. The Labute approximate surface area is 294 Å². The van der Waals surface area contributed by atoms with Gasteiger partial charge in [0, 0.05) is 13.0 Å². The number of benzene rings is 2. The fourth-order valence-electron chi connectivity index (χ4n) is 5.77. The zero-order chi connectivity index (χ0) is 36.9. The van der Waals surface area contributed by atoms with Gasteiger partial charge in [-0.25, -0.2) is 9.59 Å². The van der Waals surface area contributed by atoms with Crippen molar-refractivity contribution in [2.45, 2.75) is 144 Å². The number of alkyl carbamates (subject to hydrolysis) is 1. The molecule has 0 aliphatic carbocycles. The highest BCUT2D eigenvalue weighted by molar-refractivity contribution is 5.94. The third-order valence-corrected chi connectivity index (χ3v) is 7.90. The minimum absolute atomic E-state index is 0.0562. The molecule has 3 amide bonds. The molecule has 49 heavy (non-hydrogen) atoms. The Balaban J connectivity index is 2.70. The minimum Gasteiger partial charge on any atom is -0.458 e. The lowest BCUT2D eigenvalue weighted by Crippen LogP contribution is -2.55. The summed E-state index contributed by atoms with van der Waals surface area (Å²) in [5, 5.41) is 5.83. The van der Waals surface area contributed by atoms with Crippen molar-refractivity contribution in [3.63, 3.8) is 0 Å². The molecule has 2 aromatic carbocycles. The van der Waals surface area contributed by atoms with Crippen LogP contribution in [0, 0.1) is 19.8 Å². The fraction of sp³-hybridized carbons (Fsp3) is 0.600. The number of hydrogen-bond acceptors (Lipinski definition) is 6. The van der Waals surface area contributed by atoms with Crippen LogP contribution in [0.25, 0.3) is 0 Å². The molecule has 9 nitrogen and oxygen atoms in total. The number of esters is 1. The summed E-state index contributed by atoms with van der Waals surface area (Å²) in [4.78, 5) is 57.8. The van der Waals surface area contributed by atoms with E-state index in [0.717, 1.165) is 36.0 Å². The van der Waals surface area contributed by atoms with E-state index in [1.165, 1.54) is 0 Å². The van der Waals surface area contributed by atoms with E-state index in [-0.39, 0.29) is 24.8 Å². The summed E-state index contributed by atoms with van der Waals surface area (Å²) in [6.45, 7) is 20.9. The molecule has 3 atom stereocenters. The van der Waals surface area contributed by atoms with Crippen LogP contribution < -0.4 is 10.6 Å². The number of carbonyl (C=O) groups excluding carboxylic acids is 4. The molecule has 0 saturated heterocycles. The van der Waals surface area contributed by atoms with Crippen molar-refractivity contribution in [2.75, 3.05) is 6.54 Å². The Morgan fingerprint density at radius 2 is 1.35 bits per heavy atom. The summed E-state index contributed by atoms with van der Waals surface area (Å²) >= 11 is 0. The molecule has 272 valence electrons. The number of aryl methyl sites for hydroxylation is 2. The molecule has 2 aromatic rings.